The number of aromatic nitrogens is 2. The van der Waals surface area contributed by atoms with Gasteiger partial charge in [-0.3, -0.25) is 10.1 Å². The molecule has 1 aromatic heterocycles. The summed E-state index contributed by atoms with van der Waals surface area (Å²) < 4.78 is 0.468. The van der Waals surface area contributed by atoms with Gasteiger partial charge >= 0.3 is 12.0 Å². The van der Waals surface area contributed by atoms with Gasteiger partial charge in [-0.1, -0.05) is 40.8 Å². The number of urea groups is 1. The Kier molecular flexibility index (Phi) is 5.37. The molecular formula is C11H9ClN4O3S2. The molecule has 10 heteroatoms. The summed E-state index contributed by atoms with van der Waals surface area (Å²) in [6.45, 7) is 0. The van der Waals surface area contributed by atoms with E-state index in [2.05, 4.69) is 20.8 Å². The van der Waals surface area contributed by atoms with Crippen LogP contribution in [-0.2, 0) is 4.79 Å². The molecular weight excluding hydrogens is 336 g/mol. The van der Waals surface area contributed by atoms with Gasteiger partial charge in [0.25, 0.3) is 0 Å². The molecule has 0 aliphatic carbocycles. The number of nitrogens with one attached hydrogen (secondary N) is 2. The number of amides is 2. The van der Waals surface area contributed by atoms with Crippen LogP contribution in [0.15, 0.2) is 28.6 Å². The third-order valence-corrected chi connectivity index (χ3v) is 4.22. The zero-order chi connectivity index (χ0) is 15.2. The van der Waals surface area contributed by atoms with Crippen LogP contribution in [0.5, 0.6) is 0 Å². The Hall–Kier alpha value is -1.84. The topological polar surface area (TPSA) is 104 Å². The van der Waals surface area contributed by atoms with Crippen molar-refractivity contribution in [3.63, 3.8) is 0 Å². The first-order chi connectivity index (χ1) is 10.0. The number of halogens is 1. The molecule has 0 aliphatic rings. The fourth-order valence-corrected chi connectivity index (χ4v) is 2.93. The third-order valence-electron chi connectivity index (χ3n) is 2.03. The van der Waals surface area contributed by atoms with E-state index in [1.165, 1.54) is 0 Å². The van der Waals surface area contributed by atoms with Crippen LogP contribution in [-0.4, -0.2) is 33.1 Å². The summed E-state index contributed by atoms with van der Waals surface area (Å²) in [4.78, 5) is 22.2. The number of carboxylic acids is 1. The second-order valence-corrected chi connectivity index (χ2v) is 6.28. The highest BCUT2D eigenvalue weighted by Crippen LogP contribution is 2.25. The number of aliphatic carboxylic acids is 1. The molecule has 0 atom stereocenters. The Bertz CT molecular complexity index is 664. The predicted molar refractivity (Wildman–Crippen MR) is 82.4 cm³/mol. The van der Waals surface area contributed by atoms with Crippen molar-refractivity contribution in [3.8, 4) is 0 Å². The van der Waals surface area contributed by atoms with Crippen LogP contribution >= 0.6 is 34.7 Å². The van der Waals surface area contributed by atoms with E-state index < -0.39 is 12.0 Å². The van der Waals surface area contributed by atoms with Crippen molar-refractivity contribution in [1.82, 2.24) is 10.2 Å². The Morgan fingerprint density at radius 2 is 2.14 bits per heavy atom. The van der Waals surface area contributed by atoms with Crippen molar-refractivity contribution in [3.05, 3.63) is 29.3 Å². The fourth-order valence-electron chi connectivity index (χ4n) is 1.27. The van der Waals surface area contributed by atoms with E-state index in [0.29, 0.717) is 15.0 Å². The Morgan fingerprint density at radius 1 is 1.33 bits per heavy atom. The van der Waals surface area contributed by atoms with Gasteiger partial charge in [0.05, 0.1) is 5.75 Å². The van der Waals surface area contributed by atoms with Crippen molar-refractivity contribution in [2.75, 3.05) is 16.4 Å². The number of benzene rings is 1. The minimum absolute atomic E-state index is 0.108. The highest BCUT2D eigenvalue weighted by molar-refractivity contribution is 8.01. The fraction of sp³-hybridized carbons (Fsp3) is 0.0909. The smallest absolute Gasteiger partial charge is 0.325 e. The lowest BCUT2D eigenvalue weighted by Crippen LogP contribution is -2.19. The van der Waals surface area contributed by atoms with Crippen molar-refractivity contribution >= 4 is 57.5 Å². The van der Waals surface area contributed by atoms with Crippen molar-refractivity contribution in [2.24, 2.45) is 0 Å². The number of anilines is 2. The molecule has 2 rings (SSSR count). The molecule has 1 aromatic carbocycles. The molecule has 110 valence electrons. The largest absolute Gasteiger partial charge is 0.481 e. The van der Waals surface area contributed by atoms with Crippen LogP contribution in [0.2, 0.25) is 5.02 Å². The maximum absolute atomic E-state index is 11.7. The minimum atomic E-state index is -0.941. The maximum atomic E-state index is 11.7. The van der Waals surface area contributed by atoms with Crippen molar-refractivity contribution < 1.29 is 14.7 Å². The summed E-state index contributed by atoms with van der Waals surface area (Å²) in [7, 11) is 0. The van der Waals surface area contributed by atoms with E-state index in [-0.39, 0.29) is 10.9 Å². The second-order valence-electron chi connectivity index (χ2n) is 3.65. The van der Waals surface area contributed by atoms with Crippen molar-refractivity contribution in [2.45, 2.75) is 4.34 Å². The Labute approximate surface area is 132 Å². The molecule has 0 spiro atoms. The van der Waals surface area contributed by atoms with Crippen LogP contribution < -0.4 is 10.6 Å². The number of nitrogens with zero attached hydrogens (tertiary/aromatic N) is 2. The second kappa shape index (κ2) is 7.25. The van der Waals surface area contributed by atoms with Gasteiger partial charge in [0.15, 0.2) is 4.34 Å². The van der Waals surface area contributed by atoms with Gasteiger partial charge in [0, 0.05) is 10.7 Å². The molecule has 0 bridgehead atoms. The summed E-state index contributed by atoms with van der Waals surface area (Å²) in [5.41, 5.74) is 0.546. The first kappa shape index (κ1) is 15.5. The number of rotatable bonds is 5. The van der Waals surface area contributed by atoms with E-state index in [1.807, 2.05) is 0 Å². The van der Waals surface area contributed by atoms with Gasteiger partial charge in [-0.25, -0.2) is 4.79 Å². The molecule has 0 fully saturated rings. The summed E-state index contributed by atoms with van der Waals surface area (Å²) in [5, 5.41) is 22.0. The standard InChI is InChI=1S/C11H9ClN4O3S2/c12-6-2-1-3-7(4-6)13-9(19)14-10-15-16-11(21-10)20-5-8(17)18/h1-4H,5H2,(H,17,18)(H2,13,14,15,19). The van der Waals surface area contributed by atoms with Crippen LogP contribution in [0, 0.1) is 0 Å². The van der Waals surface area contributed by atoms with E-state index in [9.17, 15) is 9.59 Å². The lowest BCUT2D eigenvalue weighted by Gasteiger charge is -2.04. The summed E-state index contributed by atoms with van der Waals surface area (Å²) in [6, 6.07) is 6.23. The van der Waals surface area contributed by atoms with Gasteiger partial charge in [-0.05, 0) is 18.2 Å². The molecule has 2 aromatic rings. The number of hydrogen-bond acceptors (Lipinski definition) is 6. The van der Waals surface area contributed by atoms with Gasteiger partial charge in [0.2, 0.25) is 5.13 Å². The number of thioether (sulfide) groups is 1. The lowest BCUT2D eigenvalue weighted by atomic mass is 10.3. The van der Waals surface area contributed by atoms with Crippen LogP contribution in [0.1, 0.15) is 0 Å². The number of carbonyl (C=O) groups is 2. The van der Waals surface area contributed by atoms with Gasteiger partial charge in [-0.2, -0.15) is 0 Å². The molecule has 2 amide bonds. The van der Waals surface area contributed by atoms with Crippen LogP contribution in [0.25, 0.3) is 0 Å². The predicted octanol–water partition coefficient (Wildman–Crippen LogP) is 3.01. The maximum Gasteiger partial charge on any atom is 0.325 e. The number of carboxylic acid groups (broad SMARTS) is 1. The molecule has 1 heterocycles. The van der Waals surface area contributed by atoms with Crippen molar-refractivity contribution in [1.29, 1.82) is 0 Å². The first-order valence-corrected chi connectivity index (χ1v) is 7.72. The monoisotopic (exact) mass is 344 g/mol. The highest BCUT2D eigenvalue weighted by Gasteiger charge is 2.10. The van der Waals surface area contributed by atoms with Crippen LogP contribution in [0.3, 0.4) is 0 Å². The van der Waals surface area contributed by atoms with Gasteiger partial charge in [-0.15, -0.1) is 10.2 Å². The van der Waals surface area contributed by atoms with Crippen LogP contribution in [0.4, 0.5) is 15.6 Å². The third kappa shape index (κ3) is 5.21. The van der Waals surface area contributed by atoms with E-state index in [4.69, 9.17) is 16.7 Å². The minimum Gasteiger partial charge on any atom is -0.481 e. The molecule has 21 heavy (non-hydrogen) atoms. The number of hydrogen-bond donors (Lipinski definition) is 3. The molecule has 3 N–H and O–H groups in total. The Balaban J connectivity index is 1.89. The summed E-state index contributed by atoms with van der Waals surface area (Å²) in [5.74, 6) is -1.05. The molecule has 0 radical (unpaired) electrons. The SMILES string of the molecule is O=C(O)CSc1nnc(NC(=O)Nc2cccc(Cl)c2)s1. The summed E-state index contributed by atoms with van der Waals surface area (Å²) >= 11 is 7.94. The quantitative estimate of drug-likeness (QED) is 0.569. The summed E-state index contributed by atoms with van der Waals surface area (Å²) in [6.07, 6.45) is 0. The number of carbonyl (C=O) groups excluding carboxylic acids is 1. The normalized spacial score (nSPS) is 10.1. The molecule has 0 saturated carbocycles. The average molecular weight is 345 g/mol. The molecule has 0 aliphatic heterocycles. The first-order valence-electron chi connectivity index (χ1n) is 5.54. The highest BCUT2D eigenvalue weighted by atomic mass is 35.5. The zero-order valence-corrected chi connectivity index (χ0v) is 12.8. The van der Waals surface area contributed by atoms with E-state index in [0.717, 1.165) is 23.1 Å². The van der Waals surface area contributed by atoms with Gasteiger partial charge < -0.3 is 10.4 Å². The Morgan fingerprint density at radius 3 is 2.86 bits per heavy atom. The van der Waals surface area contributed by atoms with Gasteiger partial charge in [0.1, 0.15) is 0 Å². The zero-order valence-electron chi connectivity index (χ0n) is 10.4. The molecule has 7 nitrogen and oxygen atoms in total. The molecule has 0 saturated heterocycles. The lowest BCUT2D eigenvalue weighted by molar-refractivity contribution is -0.133. The average Bonchev–Trinajstić information content (AvgIpc) is 2.83. The van der Waals surface area contributed by atoms with E-state index >= 15 is 0 Å². The van der Waals surface area contributed by atoms with E-state index in [1.54, 1.807) is 24.3 Å². The molecule has 0 unspecified atom stereocenters.